The number of nitrogens with zero attached hydrogens (tertiary/aromatic N) is 1. The van der Waals surface area contributed by atoms with Crippen LogP contribution < -0.4 is 14.2 Å². The Morgan fingerprint density at radius 2 is 1.63 bits per heavy atom. The van der Waals surface area contributed by atoms with Gasteiger partial charge in [0.15, 0.2) is 11.5 Å². The van der Waals surface area contributed by atoms with E-state index in [4.69, 9.17) is 14.2 Å². The van der Waals surface area contributed by atoms with Crippen LogP contribution >= 0.6 is 0 Å². The molecule has 0 saturated carbocycles. The normalized spacial score (nSPS) is 10.4. The highest BCUT2D eigenvalue weighted by Gasteiger charge is 2.16. The van der Waals surface area contributed by atoms with E-state index in [2.05, 4.69) is 0 Å². The minimum absolute atomic E-state index is 0.244. The molecular weight excluding hydrogens is 246 g/mol. The smallest absolute Gasteiger partial charge is 0.325 e. The van der Waals surface area contributed by atoms with Crippen molar-refractivity contribution < 1.29 is 19.0 Å². The first-order chi connectivity index (χ1) is 9.15. The van der Waals surface area contributed by atoms with Crippen molar-refractivity contribution in [3.05, 3.63) is 18.2 Å². The number of methoxy groups -OCH3 is 2. The summed E-state index contributed by atoms with van der Waals surface area (Å²) in [6.07, 6.45) is 0. The van der Waals surface area contributed by atoms with E-state index >= 15 is 0 Å². The monoisotopic (exact) mass is 267 g/mol. The molecule has 0 atom stereocenters. The maximum atomic E-state index is 11.9. The first-order valence-corrected chi connectivity index (χ1v) is 6.30. The Morgan fingerprint density at radius 3 is 2.05 bits per heavy atom. The van der Waals surface area contributed by atoms with Gasteiger partial charge in [0.2, 0.25) is 5.75 Å². The fourth-order valence-electron chi connectivity index (χ4n) is 1.69. The number of hydrogen-bond acceptors (Lipinski definition) is 5. The number of benzene rings is 1. The Morgan fingerprint density at radius 1 is 1.11 bits per heavy atom. The van der Waals surface area contributed by atoms with E-state index in [1.807, 2.05) is 18.7 Å². The molecule has 0 fully saturated rings. The molecule has 0 radical (unpaired) electrons. The highest BCUT2D eigenvalue weighted by molar-refractivity contribution is 5.76. The molecule has 0 aliphatic carbocycles. The molecule has 0 amide bonds. The van der Waals surface area contributed by atoms with E-state index in [1.165, 1.54) is 14.2 Å². The highest BCUT2D eigenvalue weighted by atomic mass is 16.6. The molecule has 5 nitrogen and oxygen atoms in total. The van der Waals surface area contributed by atoms with Gasteiger partial charge in [-0.1, -0.05) is 19.9 Å². The summed E-state index contributed by atoms with van der Waals surface area (Å²) in [4.78, 5) is 13.9. The zero-order chi connectivity index (χ0) is 14.3. The summed E-state index contributed by atoms with van der Waals surface area (Å²) >= 11 is 0. The molecule has 0 bridgehead atoms. The van der Waals surface area contributed by atoms with Crippen LogP contribution in [0.1, 0.15) is 13.8 Å². The fourth-order valence-corrected chi connectivity index (χ4v) is 1.69. The van der Waals surface area contributed by atoms with Gasteiger partial charge in [-0.3, -0.25) is 9.69 Å². The second-order valence-corrected chi connectivity index (χ2v) is 3.93. The summed E-state index contributed by atoms with van der Waals surface area (Å²) in [6.45, 7) is 5.85. The van der Waals surface area contributed by atoms with Crippen LogP contribution in [0.2, 0.25) is 0 Å². The lowest BCUT2D eigenvalue weighted by Crippen LogP contribution is -2.32. The summed E-state index contributed by atoms with van der Waals surface area (Å²) in [5.41, 5.74) is 0. The molecule has 0 spiro atoms. The number of hydrogen-bond donors (Lipinski definition) is 0. The summed E-state index contributed by atoms with van der Waals surface area (Å²) in [5, 5.41) is 0. The second-order valence-electron chi connectivity index (χ2n) is 3.93. The molecule has 0 aliphatic rings. The maximum absolute atomic E-state index is 11.9. The molecule has 19 heavy (non-hydrogen) atoms. The van der Waals surface area contributed by atoms with E-state index in [0.29, 0.717) is 17.2 Å². The van der Waals surface area contributed by atoms with Gasteiger partial charge in [-0.05, 0) is 25.2 Å². The van der Waals surface area contributed by atoms with Crippen molar-refractivity contribution >= 4 is 5.97 Å². The minimum atomic E-state index is -0.327. The van der Waals surface area contributed by atoms with Crippen molar-refractivity contribution in [3.8, 4) is 17.2 Å². The van der Waals surface area contributed by atoms with Gasteiger partial charge in [-0.2, -0.15) is 0 Å². The lowest BCUT2D eigenvalue weighted by atomic mass is 10.3. The van der Waals surface area contributed by atoms with Gasteiger partial charge in [0.05, 0.1) is 20.8 Å². The Labute approximate surface area is 114 Å². The Hall–Kier alpha value is -1.75. The SMILES string of the molecule is CCN(CC)CC(=O)Oc1c(OC)cccc1OC. The molecular formula is C14H21NO4. The van der Waals surface area contributed by atoms with Crippen LogP contribution in [0.3, 0.4) is 0 Å². The van der Waals surface area contributed by atoms with Crippen molar-refractivity contribution in [3.63, 3.8) is 0 Å². The molecule has 0 heterocycles. The van der Waals surface area contributed by atoms with E-state index in [0.717, 1.165) is 13.1 Å². The van der Waals surface area contributed by atoms with Gasteiger partial charge in [-0.15, -0.1) is 0 Å². The zero-order valence-electron chi connectivity index (χ0n) is 11.9. The van der Waals surface area contributed by atoms with Crippen LogP contribution in [0.25, 0.3) is 0 Å². The van der Waals surface area contributed by atoms with Gasteiger partial charge in [0.1, 0.15) is 0 Å². The summed E-state index contributed by atoms with van der Waals surface area (Å²) in [6, 6.07) is 5.23. The molecule has 5 heteroatoms. The molecule has 0 saturated heterocycles. The lowest BCUT2D eigenvalue weighted by molar-refractivity contribution is -0.135. The Balaban J connectivity index is 2.83. The van der Waals surface area contributed by atoms with Crippen LogP contribution in [-0.4, -0.2) is 44.7 Å². The molecule has 0 N–H and O–H groups in total. The minimum Gasteiger partial charge on any atom is -0.493 e. The highest BCUT2D eigenvalue weighted by Crippen LogP contribution is 2.36. The first-order valence-electron chi connectivity index (χ1n) is 6.30. The van der Waals surface area contributed by atoms with Crippen molar-refractivity contribution in [1.82, 2.24) is 4.90 Å². The van der Waals surface area contributed by atoms with Crippen LogP contribution in [-0.2, 0) is 4.79 Å². The summed E-state index contributed by atoms with van der Waals surface area (Å²) in [7, 11) is 3.05. The third-order valence-electron chi connectivity index (χ3n) is 2.85. The van der Waals surface area contributed by atoms with E-state index in [-0.39, 0.29) is 12.5 Å². The quantitative estimate of drug-likeness (QED) is 0.558. The van der Waals surface area contributed by atoms with Gasteiger partial charge < -0.3 is 14.2 Å². The summed E-state index contributed by atoms with van der Waals surface area (Å²) < 4.78 is 15.7. The number of ether oxygens (including phenoxy) is 3. The molecule has 0 aliphatic heterocycles. The summed E-state index contributed by atoms with van der Waals surface area (Å²) in [5.74, 6) is 0.954. The van der Waals surface area contributed by atoms with E-state index in [9.17, 15) is 4.79 Å². The van der Waals surface area contributed by atoms with Crippen LogP contribution in [0.5, 0.6) is 17.2 Å². The van der Waals surface area contributed by atoms with Gasteiger partial charge in [-0.25, -0.2) is 0 Å². The van der Waals surface area contributed by atoms with Crippen molar-refractivity contribution in [2.75, 3.05) is 33.9 Å². The Kier molecular flexibility index (Phi) is 6.15. The molecule has 0 aromatic heterocycles. The van der Waals surface area contributed by atoms with Gasteiger partial charge in [0, 0.05) is 0 Å². The number of rotatable bonds is 7. The predicted octanol–water partition coefficient (Wildman–Crippen LogP) is 1.95. The molecule has 1 aromatic rings. The molecule has 1 rings (SSSR count). The average molecular weight is 267 g/mol. The van der Waals surface area contributed by atoms with Crippen molar-refractivity contribution in [2.45, 2.75) is 13.8 Å². The first kappa shape index (κ1) is 15.3. The number of esters is 1. The largest absolute Gasteiger partial charge is 0.493 e. The third kappa shape index (κ3) is 4.13. The van der Waals surface area contributed by atoms with Crippen LogP contribution in [0, 0.1) is 0 Å². The Bertz CT molecular complexity index is 394. The van der Waals surface area contributed by atoms with Gasteiger partial charge >= 0.3 is 5.97 Å². The van der Waals surface area contributed by atoms with Crippen molar-refractivity contribution in [2.24, 2.45) is 0 Å². The third-order valence-corrected chi connectivity index (χ3v) is 2.85. The fraction of sp³-hybridized carbons (Fsp3) is 0.500. The van der Waals surface area contributed by atoms with Crippen LogP contribution in [0.15, 0.2) is 18.2 Å². The number of carbonyl (C=O) groups excluding carboxylic acids is 1. The molecule has 106 valence electrons. The lowest BCUT2D eigenvalue weighted by Gasteiger charge is -2.18. The van der Waals surface area contributed by atoms with E-state index in [1.54, 1.807) is 18.2 Å². The molecule has 0 unspecified atom stereocenters. The average Bonchev–Trinajstić information content (AvgIpc) is 2.44. The number of para-hydroxylation sites is 1. The number of carbonyl (C=O) groups is 1. The van der Waals surface area contributed by atoms with Gasteiger partial charge in [0.25, 0.3) is 0 Å². The topological polar surface area (TPSA) is 48.0 Å². The predicted molar refractivity (Wildman–Crippen MR) is 73.0 cm³/mol. The number of likely N-dealkylation sites (N-methyl/N-ethyl adjacent to an activating group) is 1. The van der Waals surface area contributed by atoms with Crippen molar-refractivity contribution in [1.29, 1.82) is 0 Å². The second kappa shape index (κ2) is 7.63. The standard InChI is InChI=1S/C14H21NO4/c1-5-15(6-2)10-13(16)19-14-11(17-3)8-7-9-12(14)18-4/h7-9H,5-6,10H2,1-4H3. The maximum Gasteiger partial charge on any atom is 0.325 e. The van der Waals surface area contributed by atoms with Crippen LogP contribution in [0.4, 0.5) is 0 Å². The zero-order valence-corrected chi connectivity index (χ0v) is 11.9. The van der Waals surface area contributed by atoms with E-state index < -0.39 is 0 Å². The molecule has 1 aromatic carbocycles.